The molecule has 19 heavy (non-hydrogen) atoms. The number of nitrogens with zero attached hydrogens (tertiary/aromatic N) is 3. The molecule has 6 nitrogen and oxygen atoms in total. The number of ether oxygens (including phenoxy) is 1. The third-order valence-corrected chi connectivity index (χ3v) is 4.51. The van der Waals surface area contributed by atoms with Crippen molar-refractivity contribution in [1.82, 2.24) is 14.8 Å². The van der Waals surface area contributed by atoms with E-state index in [-0.39, 0.29) is 17.2 Å². The zero-order valence-corrected chi connectivity index (χ0v) is 12.6. The maximum Gasteiger partial charge on any atom is 0.296 e. The molecule has 1 fully saturated rings. The monoisotopic (exact) mass is 307 g/mol. The molecule has 2 heterocycles. The summed E-state index contributed by atoms with van der Waals surface area (Å²) in [5, 5.41) is 7.65. The highest BCUT2D eigenvalue weighted by atomic mass is 35.7. The lowest BCUT2D eigenvalue weighted by Crippen LogP contribution is -2.19. The van der Waals surface area contributed by atoms with Crippen molar-refractivity contribution in [2.45, 2.75) is 56.8 Å². The van der Waals surface area contributed by atoms with Crippen LogP contribution in [0.25, 0.3) is 0 Å². The third kappa shape index (κ3) is 2.93. The molecule has 0 radical (unpaired) electrons. The van der Waals surface area contributed by atoms with E-state index < -0.39 is 9.05 Å². The molecular weight excluding hydrogens is 290 g/mol. The molecule has 1 saturated heterocycles. The smallest absolute Gasteiger partial charge is 0.296 e. The minimum atomic E-state index is -3.87. The molecule has 8 heteroatoms. The Morgan fingerprint density at radius 2 is 2.16 bits per heavy atom. The quantitative estimate of drug-likeness (QED) is 0.777. The van der Waals surface area contributed by atoms with E-state index in [1.165, 1.54) is 0 Å². The highest BCUT2D eigenvalue weighted by molar-refractivity contribution is 8.13. The molecule has 0 spiro atoms. The molecule has 2 atom stereocenters. The summed E-state index contributed by atoms with van der Waals surface area (Å²) in [6.07, 6.45) is 2.56. The Labute approximate surface area is 117 Å². The van der Waals surface area contributed by atoms with Gasteiger partial charge in [0.1, 0.15) is 5.82 Å². The van der Waals surface area contributed by atoms with Crippen LogP contribution >= 0.6 is 10.7 Å². The second-order valence-electron chi connectivity index (χ2n) is 4.64. The maximum atomic E-state index is 11.5. The molecule has 2 rings (SSSR count). The van der Waals surface area contributed by atoms with Gasteiger partial charge in [0.2, 0.25) is 0 Å². The van der Waals surface area contributed by atoms with Crippen LogP contribution in [0.3, 0.4) is 0 Å². The van der Waals surface area contributed by atoms with E-state index in [2.05, 4.69) is 10.2 Å². The predicted molar refractivity (Wildman–Crippen MR) is 70.7 cm³/mol. The lowest BCUT2D eigenvalue weighted by Gasteiger charge is -2.17. The Morgan fingerprint density at radius 1 is 1.42 bits per heavy atom. The summed E-state index contributed by atoms with van der Waals surface area (Å²) in [7, 11) is 1.54. The molecule has 0 aromatic carbocycles. The van der Waals surface area contributed by atoms with Crippen LogP contribution in [0, 0.1) is 0 Å². The third-order valence-electron chi connectivity index (χ3n) is 3.35. The van der Waals surface area contributed by atoms with E-state index >= 15 is 0 Å². The van der Waals surface area contributed by atoms with Gasteiger partial charge in [-0.25, -0.2) is 8.42 Å². The van der Waals surface area contributed by atoms with Gasteiger partial charge in [0.15, 0.2) is 0 Å². The zero-order chi connectivity index (χ0) is 14.0. The first-order valence-corrected chi connectivity index (χ1v) is 8.79. The highest BCUT2D eigenvalue weighted by Gasteiger charge is 2.34. The van der Waals surface area contributed by atoms with Crippen molar-refractivity contribution in [3.8, 4) is 0 Å². The molecule has 1 aliphatic rings. The second-order valence-corrected chi connectivity index (χ2v) is 7.10. The number of hydrogen-bond donors (Lipinski definition) is 0. The SMILES string of the molecule is CCCn1c(C2CCOC2CC)nnc1S(=O)(=O)Cl. The number of halogens is 1. The van der Waals surface area contributed by atoms with Gasteiger partial charge in [0.05, 0.1) is 6.10 Å². The standard InChI is InChI=1S/C11H18ClN3O3S/c1-3-6-15-10(8-5-7-18-9(8)4-2)13-14-11(15)19(12,16)17/h8-9H,3-7H2,1-2H3. The van der Waals surface area contributed by atoms with E-state index in [4.69, 9.17) is 15.4 Å². The average molecular weight is 308 g/mol. The summed E-state index contributed by atoms with van der Waals surface area (Å²) in [5.41, 5.74) is 0. The average Bonchev–Trinajstić information content (AvgIpc) is 2.93. The van der Waals surface area contributed by atoms with Crippen molar-refractivity contribution >= 4 is 19.7 Å². The Morgan fingerprint density at radius 3 is 2.74 bits per heavy atom. The summed E-state index contributed by atoms with van der Waals surface area (Å²) in [5.74, 6) is 0.765. The van der Waals surface area contributed by atoms with Crippen LogP contribution in [-0.4, -0.2) is 35.9 Å². The van der Waals surface area contributed by atoms with E-state index in [9.17, 15) is 8.42 Å². The molecule has 0 saturated carbocycles. The van der Waals surface area contributed by atoms with Crippen LogP contribution in [0.5, 0.6) is 0 Å². The maximum absolute atomic E-state index is 11.5. The Bertz CT molecular complexity index is 543. The van der Waals surface area contributed by atoms with Crippen LogP contribution in [-0.2, 0) is 20.3 Å². The Hall–Kier alpha value is -0.660. The van der Waals surface area contributed by atoms with Gasteiger partial charge < -0.3 is 9.30 Å². The van der Waals surface area contributed by atoms with Gasteiger partial charge in [-0.15, -0.1) is 10.2 Å². The van der Waals surface area contributed by atoms with Gasteiger partial charge in [-0.05, 0) is 19.3 Å². The largest absolute Gasteiger partial charge is 0.377 e. The van der Waals surface area contributed by atoms with Crippen molar-refractivity contribution in [3.05, 3.63) is 5.82 Å². The molecule has 1 aromatic rings. The molecule has 108 valence electrons. The minimum Gasteiger partial charge on any atom is -0.377 e. The molecule has 1 aliphatic heterocycles. The molecule has 0 amide bonds. The van der Waals surface area contributed by atoms with Crippen LogP contribution in [0.15, 0.2) is 5.16 Å². The van der Waals surface area contributed by atoms with Crippen molar-refractivity contribution < 1.29 is 13.2 Å². The zero-order valence-electron chi connectivity index (χ0n) is 11.0. The van der Waals surface area contributed by atoms with Gasteiger partial charge >= 0.3 is 0 Å². The molecule has 0 bridgehead atoms. The number of aromatic nitrogens is 3. The molecular formula is C11H18ClN3O3S. The normalized spacial score (nSPS) is 23.9. The lowest BCUT2D eigenvalue weighted by atomic mass is 9.99. The predicted octanol–water partition coefficient (Wildman–Crippen LogP) is 1.90. The second kappa shape index (κ2) is 5.76. The molecule has 0 aliphatic carbocycles. The van der Waals surface area contributed by atoms with Crippen LogP contribution in [0.2, 0.25) is 0 Å². The van der Waals surface area contributed by atoms with Crippen molar-refractivity contribution in [2.75, 3.05) is 6.61 Å². The summed E-state index contributed by atoms with van der Waals surface area (Å²) >= 11 is 0. The highest BCUT2D eigenvalue weighted by Crippen LogP contribution is 2.33. The van der Waals surface area contributed by atoms with Gasteiger partial charge in [0, 0.05) is 29.8 Å². The van der Waals surface area contributed by atoms with E-state index in [0.29, 0.717) is 19.0 Å². The van der Waals surface area contributed by atoms with Gasteiger partial charge in [0.25, 0.3) is 14.2 Å². The number of rotatable bonds is 5. The van der Waals surface area contributed by atoms with Crippen molar-refractivity contribution in [3.63, 3.8) is 0 Å². The van der Waals surface area contributed by atoms with E-state index in [1.54, 1.807) is 4.57 Å². The van der Waals surface area contributed by atoms with Gasteiger partial charge in [-0.2, -0.15) is 0 Å². The fraction of sp³-hybridized carbons (Fsp3) is 0.818. The Kier molecular flexibility index (Phi) is 4.47. The summed E-state index contributed by atoms with van der Waals surface area (Å²) < 4.78 is 30.3. The van der Waals surface area contributed by atoms with E-state index in [0.717, 1.165) is 19.3 Å². The topological polar surface area (TPSA) is 74.1 Å². The number of hydrogen-bond acceptors (Lipinski definition) is 5. The lowest BCUT2D eigenvalue weighted by molar-refractivity contribution is 0.0987. The van der Waals surface area contributed by atoms with Crippen LogP contribution in [0.1, 0.15) is 44.9 Å². The van der Waals surface area contributed by atoms with Crippen molar-refractivity contribution in [1.29, 1.82) is 0 Å². The molecule has 0 N–H and O–H groups in total. The fourth-order valence-electron chi connectivity index (χ4n) is 2.53. The summed E-state index contributed by atoms with van der Waals surface area (Å²) in [6, 6.07) is 0. The molecule has 2 unspecified atom stereocenters. The summed E-state index contributed by atoms with van der Waals surface area (Å²) in [6.45, 7) is 5.22. The fourth-order valence-corrected chi connectivity index (χ4v) is 3.46. The van der Waals surface area contributed by atoms with Crippen LogP contribution < -0.4 is 0 Å². The van der Waals surface area contributed by atoms with Crippen LogP contribution in [0.4, 0.5) is 0 Å². The van der Waals surface area contributed by atoms with Gasteiger partial charge in [-0.3, -0.25) is 0 Å². The summed E-state index contributed by atoms with van der Waals surface area (Å²) in [4.78, 5) is 0. The first-order chi connectivity index (χ1) is 8.99. The van der Waals surface area contributed by atoms with Crippen molar-refractivity contribution in [2.24, 2.45) is 0 Å². The van der Waals surface area contributed by atoms with Gasteiger partial charge in [-0.1, -0.05) is 13.8 Å². The minimum absolute atomic E-state index is 0.0747. The first kappa shape index (κ1) is 14.7. The van der Waals surface area contributed by atoms with E-state index in [1.807, 2.05) is 13.8 Å². The molecule has 1 aromatic heterocycles. The Balaban J connectivity index is 2.43. The first-order valence-electron chi connectivity index (χ1n) is 6.48.